The first-order chi connectivity index (χ1) is 5.89. The van der Waals surface area contributed by atoms with Crippen molar-refractivity contribution in [3.8, 4) is 0 Å². The van der Waals surface area contributed by atoms with Crippen LogP contribution in [0.2, 0.25) is 0 Å². The van der Waals surface area contributed by atoms with Crippen LogP contribution in [0.3, 0.4) is 0 Å². The zero-order chi connectivity index (χ0) is 12.2. The van der Waals surface area contributed by atoms with Crippen LogP contribution in [-0.4, -0.2) is 30.9 Å². The molecule has 4 N–H and O–H groups in total. The standard InChI is InChI=1S/2C3H9O3P.Zn/c2*1-3(2)7(4,5)6;/h2*3H,1-2H3,(H2,4,5,6);. The first-order valence-corrected chi connectivity index (χ1v) is 7.35. The van der Waals surface area contributed by atoms with E-state index in [0.29, 0.717) is 0 Å². The van der Waals surface area contributed by atoms with E-state index in [9.17, 15) is 9.13 Å². The summed E-state index contributed by atoms with van der Waals surface area (Å²) in [6.07, 6.45) is 0. The van der Waals surface area contributed by atoms with Gasteiger partial charge in [0.1, 0.15) is 0 Å². The SMILES string of the molecule is CC(C)P(=O)(O)O.CC(C)P(=O)(O)O.[Zn]. The van der Waals surface area contributed by atoms with Crippen LogP contribution in [0.15, 0.2) is 0 Å². The minimum absolute atomic E-state index is 0. The minimum atomic E-state index is -3.74. The molecule has 0 saturated heterocycles. The quantitative estimate of drug-likeness (QED) is 0.449. The molecule has 0 aliphatic heterocycles. The van der Waals surface area contributed by atoms with Crippen molar-refractivity contribution in [3.05, 3.63) is 0 Å². The summed E-state index contributed by atoms with van der Waals surface area (Å²) >= 11 is 0. The molecule has 0 bridgehead atoms. The Morgan fingerprint density at radius 3 is 0.800 bits per heavy atom. The molecule has 9 heteroatoms. The summed E-state index contributed by atoms with van der Waals surface area (Å²) in [5.41, 5.74) is -1.07. The summed E-state index contributed by atoms with van der Waals surface area (Å²) in [4.78, 5) is 32.8. The summed E-state index contributed by atoms with van der Waals surface area (Å²) < 4.78 is 20.1. The van der Waals surface area contributed by atoms with Crippen molar-refractivity contribution in [2.24, 2.45) is 0 Å². The van der Waals surface area contributed by atoms with Crippen LogP contribution >= 0.6 is 15.2 Å². The van der Waals surface area contributed by atoms with E-state index < -0.39 is 26.5 Å². The molecule has 0 aliphatic carbocycles. The molecule has 0 saturated carbocycles. The summed E-state index contributed by atoms with van der Waals surface area (Å²) in [5.74, 6) is 0. The molecular formula is C6H18O6P2Zn. The number of hydrogen-bond donors (Lipinski definition) is 4. The van der Waals surface area contributed by atoms with Crippen molar-refractivity contribution in [2.75, 3.05) is 0 Å². The van der Waals surface area contributed by atoms with E-state index in [2.05, 4.69) is 0 Å². The van der Waals surface area contributed by atoms with E-state index >= 15 is 0 Å². The molecule has 0 unspecified atom stereocenters. The molecule has 0 amide bonds. The fourth-order valence-electron chi connectivity index (χ4n) is 0. The van der Waals surface area contributed by atoms with Gasteiger partial charge in [-0.2, -0.15) is 0 Å². The molecule has 90 valence electrons. The van der Waals surface area contributed by atoms with Crippen molar-refractivity contribution in [1.29, 1.82) is 0 Å². The van der Waals surface area contributed by atoms with Crippen LogP contribution in [0.1, 0.15) is 27.7 Å². The van der Waals surface area contributed by atoms with Crippen LogP contribution in [-0.2, 0) is 28.6 Å². The number of rotatable bonds is 2. The zero-order valence-electron chi connectivity index (χ0n) is 9.36. The Bertz CT molecular complexity index is 216. The molecular weight excluding hydrogens is 295 g/mol. The maximum Gasteiger partial charge on any atom is 0.328 e. The van der Waals surface area contributed by atoms with Gasteiger partial charge in [0.2, 0.25) is 0 Å². The molecule has 15 heavy (non-hydrogen) atoms. The van der Waals surface area contributed by atoms with Gasteiger partial charge >= 0.3 is 15.2 Å². The second-order valence-electron chi connectivity index (χ2n) is 3.37. The van der Waals surface area contributed by atoms with Crippen LogP contribution in [0.5, 0.6) is 0 Å². The smallest absolute Gasteiger partial charge is 0.324 e. The molecule has 0 fully saturated rings. The van der Waals surface area contributed by atoms with Crippen molar-refractivity contribution in [3.63, 3.8) is 0 Å². The molecule has 0 heterocycles. The van der Waals surface area contributed by atoms with Gasteiger partial charge in [0.25, 0.3) is 0 Å². The Morgan fingerprint density at radius 2 is 0.800 bits per heavy atom. The van der Waals surface area contributed by atoms with Crippen molar-refractivity contribution < 1.29 is 48.2 Å². The third-order valence-corrected chi connectivity index (χ3v) is 4.04. The predicted octanol–water partition coefficient (Wildman–Crippen LogP) is 1.14. The minimum Gasteiger partial charge on any atom is -0.324 e. The average molecular weight is 314 g/mol. The van der Waals surface area contributed by atoms with Crippen molar-refractivity contribution in [2.45, 2.75) is 39.0 Å². The first kappa shape index (κ1) is 21.2. The van der Waals surface area contributed by atoms with Crippen LogP contribution < -0.4 is 0 Å². The van der Waals surface area contributed by atoms with Gasteiger partial charge in [-0.25, -0.2) is 0 Å². The second kappa shape index (κ2) is 8.08. The number of hydrogen-bond acceptors (Lipinski definition) is 2. The topological polar surface area (TPSA) is 115 Å². The molecule has 0 spiro atoms. The second-order valence-corrected chi connectivity index (χ2v) is 7.79. The van der Waals surface area contributed by atoms with Gasteiger partial charge in [0.05, 0.1) is 11.3 Å². The maximum absolute atomic E-state index is 10.0. The van der Waals surface area contributed by atoms with Gasteiger partial charge in [-0.05, 0) is 0 Å². The molecule has 6 nitrogen and oxygen atoms in total. The van der Waals surface area contributed by atoms with Crippen LogP contribution in [0.4, 0.5) is 0 Å². The third-order valence-electron chi connectivity index (χ3n) is 1.35. The Kier molecular flexibility index (Phi) is 11.4. The van der Waals surface area contributed by atoms with Crippen LogP contribution in [0, 0.1) is 0 Å². The van der Waals surface area contributed by atoms with Gasteiger partial charge < -0.3 is 19.6 Å². The molecule has 0 aromatic rings. The Morgan fingerprint density at radius 1 is 0.733 bits per heavy atom. The fourth-order valence-corrected chi connectivity index (χ4v) is 0. The predicted molar refractivity (Wildman–Crippen MR) is 54.4 cm³/mol. The summed E-state index contributed by atoms with van der Waals surface area (Å²) in [7, 11) is -7.48. The van der Waals surface area contributed by atoms with E-state index in [0.717, 1.165) is 0 Å². The molecule has 0 atom stereocenters. The van der Waals surface area contributed by atoms with Crippen molar-refractivity contribution in [1.82, 2.24) is 0 Å². The average Bonchev–Trinajstić information content (AvgIpc) is 1.83. The molecule has 0 rings (SSSR count). The van der Waals surface area contributed by atoms with Crippen LogP contribution in [0.25, 0.3) is 0 Å². The molecule has 0 radical (unpaired) electrons. The van der Waals surface area contributed by atoms with Crippen molar-refractivity contribution >= 4 is 15.2 Å². The Balaban J connectivity index is -0.000000180. The maximum atomic E-state index is 10.0. The summed E-state index contributed by atoms with van der Waals surface area (Å²) in [6.45, 7) is 5.95. The zero-order valence-corrected chi connectivity index (χ0v) is 14.1. The Hall–Kier alpha value is 0.923. The van der Waals surface area contributed by atoms with E-state index in [-0.39, 0.29) is 19.5 Å². The fraction of sp³-hybridized carbons (Fsp3) is 1.00. The normalized spacial score (nSPS) is 11.9. The summed E-state index contributed by atoms with van der Waals surface area (Å²) in [6, 6.07) is 0. The van der Waals surface area contributed by atoms with E-state index in [1.54, 1.807) is 0 Å². The molecule has 0 aromatic carbocycles. The summed E-state index contributed by atoms with van der Waals surface area (Å²) in [5, 5.41) is 0. The van der Waals surface area contributed by atoms with Gasteiger partial charge in [-0.15, -0.1) is 0 Å². The molecule has 0 aromatic heterocycles. The van der Waals surface area contributed by atoms with Gasteiger partial charge in [0, 0.05) is 19.5 Å². The molecule has 0 aliphatic rings. The largest absolute Gasteiger partial charge is 0.328 e. The third kappa shape index (κ3) is 14.9. The van der Waals surface area contributed by atoms with Gasteiger partial charge in [0.15, 0.2) is 0 Å². The van der Waals surface area contributed by atoms with Gasteiger partial charge in [-0.1, -0.05) is 27.7 Å². The Labute approximate surface area is 103 Å². The van der Waals surface area contributed by atoms with E-state index in [1.165, 1.54) is 27.7 Å². The monoisotopic (exact) mass is 312 g/mol. The van der Waals surface area contributed by atoms with E-state index in [4.69, 9.17) is 19.6 Å². The van der Waals surface area contributed by atoms with E-state index in [1.807, 2.05) is 0 Å². The first-order valence-electron chi connectivity index (χ1n) is 3.99. The van der Waals surface area contributed by atoms with Gasteiger partial charge in [-0.3, -0.25) is 9.13 Å².